The van der Waals surface area contributed by atoms with Gasteiger partial charge in [-0.3, -0.25) is 4.79 Å². The van der Waals surface area contributed by atoms with Crippen LogP contribution in [0.2, 0.25) is 0 Å². The quantitative estimate of drug-likeness (QED) is 0.853. The summed E-state index contributed by atoms with van der Waals surface area (Å²) in [5.41, 5.74) is 1.72. The van der Waals surface area contributed by atoms with Gasteiger partial charge in [-0.15, -0.1) is 0 Å². The minimum absolute atomic E-state index is 0.00700. The number of amides is 1. The van der Waals surface area contributed by atoms with Crippen molar-refractivity contribution in [2.24, 2.45) is 0 Å². The van der Waals surface area contributed by atoms with Gasteiger partial charge in [-0.1, -0.05) is 19.1 Å². The Balaban J connectivity index is 2.35. The van der Waals surface area contributed by atoms with E-state index in [1.165, 1.54) is 0 Å². The molecule has 2 aromatic rings. The molecule has 0 saturated heterocycles. The van der Waals surface area contributed by atoms with Crippen molar-refractivity contribution in [3.63, 3.8) is 0 Å². The van der Waals surface area contributed by atoms with Crippen molar-refractivity contribution < 1.29 is 4.79 Å². The number of para-hydroxylation sites is 2. The molecule has 1 heterocycles. The van der Waals surface area contributed by atoms with Crippen molar-refractivity contribution in [2.45, 2.75) is 13.3 Å². The predicted octanol–water partition coefficient (Wildman–Crippen LogP) is 2.22. The highest BCUT2D eigenvalue weighted by molar-refractivity contribution is 5.92. The van der Waals surface area contributed by atoms with Gasteiger partial charge in [-0.25, -0.2) is 4.98 Å². The summed E-state index contributed by atoms with van der Waals surface area (Å²) in [6.45, 7) is 1.83. The summed E-state index contributed by atoms with van der Waals surface area (Å²) in [5.74, 6) is 0.00700. The van der Waals surface area contributed by atoms with Gasteiger partial charge in [0.1, 0.15) is 0 Å². The van der Waals surface area contributed by atoms with E-state index in [1.54, 1.807) is 12.5 Å². The van der Waals surface area contributed by atoms with Gasteiger partial charge in [0.15, 0.2) is 0 Å². The predicted molar refractivity (Wildman–Crippen MR) is 62.5 cm³/mol. The maximum atomic E-state index is 11.4. The van der Waals surface area contributed by atoms with E-state index in [1.807, 2.05) is 42.0 Å². The van der Waals surface area contributed by atoms with Crippen LogP contribution in [0, 0.1) is 0 Å². The number of nitrogens with zero attached hydrogens (tertiary/aromatic N) is 2. The Bertz CT molecular complexity index is 477. The number of anilines is 1. The number of rotatable bonds is 3. The molecule has 0 saturated carbocycles. The highest BCUT2D eigenvalue weighted by atomic mass is 16.1. The summed E-state index contributed by atoms with van der Waals surface area (Å²) in [4.78, 5) is 15.4. The molecule has 0 spiro atoms. The molecule has 0 radical (unpaired) electrons. The van der Waals surface area contributed by atoms with Crippen LogP contribution in [0.1, 0.15) is 13.3 Å². The van der Waals surface area contributed by atoms with Crippen molar-refractivity contribution in [1.82, 2.24) is 9.55 Å². The Morgan fingerprint density at radius 2 is 2.25 bits per heavy atom. The maximum absolute atomic E-state index is 11.4. The summed E-state index contributed by atoms with van der Waals surface area (Å²) in [5, 5.41) is 2.86. The van der Waals surface area contributed by atoms with E-state index in [2.05, 4.69) is 10.3 Å². The van der Waals surface area contributed by atoms with E-state index >= 15 is 0 Å². The second-order valence-electron chi connectivity index (χ2n) is 3.39. The van der Waals surface area contributed by atoms with Crippen LogP contribution in [0.15, 0.2) is 43.0 Å². The van der Waals surface area contributed by atoms with E-state index in [0.29, 0.717) is 6.42 Å². The number of aromatic nitrogens is 2. The average Bonchev–Trinajstić information content (AvgIpc) is 2.83. The lowest BCUT2D eigenvalue weighted by Gasteiger charge is -2.10. The van der Waals surface area contributed by atoms with Crippen LogP contribution >= 0.6 is 0 Å². The van der Waals surface area contributed by atoms with Gasteiger partial charge < -0.3 is 9.88 Å². The number of imidazole rings is 1. The molecule has 1 amide bonds. The van der Waals surface area contributed by atoms with E-state index < -0.39 is 0 Å². The van der Waals surface area contributed by atoms with Crippen LogP contribution < -0.4 is 5.32 Å². The largest absolute Gasteiger partial charge is 0.324 e. The third kappa shape index (κ3) is 2.11. The summed E-state index contributed by atoms with van der Waals surface area (Å²) in [7, 11) is 0. The number of carbonyl (C=O) groups is 1. The molecule has 1 aromatic heterocycles. The van der Waals surface area contributed by atoms with E-state index in [0.717, 1.165) is 11.4 Å². The molecule has 82 valence electrons. The van der Waals surface area contributed by atoms with Crippen molar-refractivity contribution in [2.75, 3.05) is 5.32 Å². The van der Waals surface area contributed by atoms with Gasteiger partial charge >= 0.3 is 0 Å². The minimum atomic E-state index is 0.00700. The third-order valence-corrected chi connectivity index (χ3v) is 2.28. The molecular formula is C12H13N3O. The molecule has 0 unspecified atom stereocenters. The highest BCUT2D eigenvalue weighted by Gasteiger charge is 2.05. The van der Waals surface area contributed by atoms with Gasteiger partial charge in [0.2, 0.25) is 5.91 Å². The topological polar surface area (TPSA) is 46.9 Å². The second-order valence-corrected chi connectivity index (χ2v) is 3.39. The number of carbonyl (C=O) groups excluding carboxylic acids is 1. The summed E-state index contributed by atoms with van der Waals surface area (Å²) < 4.78 is 1.87. The summed E-state index contributed by atoms with van der Waals surface area (Å²) in [6.07, 6.45) is 5.73. The van der Waals surface area contributed by atoms with E-state index in [4.69, 9.17) is 0 Å². The number of benzene rings is 1. The van der Waals surface area contributed by atoms with Gasteiger partial charge in [0, 0.05) is 18.8 Å². The normalized spacial score (nSPS) is 10.1. The molecular weight excluding hydrogens is 202 g/mol. The van der Waals surface area contributed by atoms with Gasteiger partial charge in [0.25, 0.3) is 0 Å². The highest BCUT2D eigenvalue weighted by Crippen LogP contribution is 2.19. The van der Waals surface area contributed by atoms with Crippen molar-refractivity contribution in [3.8, 4) is 5.69 Å². The SMILES string of the molecule is CCC(=O)Nc1ccccc1-n1ccnc1. The van der Waals surface area contributed by atoms with Crippen LogP contribution in [0.3, 0.4) is 0 Å². The lowest BCUT2D eigenvalue weighted by molar-refractivity contribution is -0.115. The number of nitrogens with one attached hydrogen (secondary N) is 1. The first-order chi connectivity index (χ1) is 7.81. The van der Waals surface area contributed by atoms with Crippen molar-refractivity contribution in [1.29, 1.82) is 0 Å². The van der Waals surface area contributed by atoms with Crippen LogP contribution in [-0.2, 0) is 4.79 Å². The molecule has 0 aliphatic carbocycles. The molecule has 0 aliphatic rings. The fourth-order valence-corrected chi connectivity index (χ4v) is 1.44. The first-order valence-electron chi connectivity index (χ1n) is 5.18. The first kappa shape index (κ1) is 10.4. The van der Waals surface area contributed by atoms with Crippen molar-refractivity contribution >= 4 is 11.6 Å². The summed E-state index contributed by atoms with van der Waals surface area (Å²) >= 11 is 0. The molecule has 1 N–H and O–H groups in total. The Morgan fingerprint density at radius 1 is 1.44 bits per heavy atom. The fourth-order valence-electron chi connectivity index (χ4n) is 1.44. The van der Waals surface area contributed by atoms with Crippen LogP contribution in [0.25, 0.3) is 5.69 Å². The Kier molecular flexibility index (Phi) is 3.00. The zero-order valence-corrected chi connectivity index (χ0v) is 9.05. The average molecular weight is 215 g/mol. The fraction of sp³-hybridized carbons (Fsp3) is 0.167. The molecule has 0 bridgehead atoms. The van der Waals surface area contributed by atoms with Gasteiger partial charge in [-0.05, 0) is 12.1 Å². The standard InChI is InChI=1S/C12H13N3O/c1-2-12(16)14-10-5-3-4-6-11(10)15-8-7-13-9-15/h3-9H,2H2,1H3,(H,14,16). The van der Waals surface area contributed by atoms with E-state index in [9.17, 15) is 4.79 Å². The lowest BCUT2D eigenvalue weighted by Crippen LogP contribution is -2.11. The van der Waals surface area contributed by atoms with Crippen molar-refractivity contribution in [3.05, 3.63) is 43.0 Å². The maximum Gasteiger partial charge on any atom is 0.224 e. The zero-order valence-electron chi connectivity index (χ0n) is 9.05. The third-order valence-electron chi connectivity index (χ3n) is 2.28. The monoisotopic (exact) mass is 215 g/mol. The molecule has 4 nitrogen and oxygen atoms in total. The molecule has 16 heavy (non-hydrogen) atoms. The Hall–Kier alpha value is -2.10. The molecule has 4 heteroatoms. The molecule has 0 atom stereocenters. The van der Waals surface area contributed by atoms with Crippen LogP contribution in [0.4, 0.5) is 5.69 Å². The van der Waals surface area contributed by atoms with E-state index in [-0.39, 0.29) is 5.91 Å². The molecule has 0 aliphatic heterocycles. The summed E-state index contributed by atoms with van der Waals surface area (Å²) in [6, 6.07) is 7.64. The molecule has 2 rings (SSSR count). The number of hydrogen-bond donors (Lipinski definition) is 1. The zero-order chi connectivity index (χ0) is 11.4. The molecule has 0 fully saturated rings. The smallest absolute Gasteiger partial charge is 0.224 e. The number of hydrogen-bond acceptors (Lipinski definition) is 2. The van der Waals surface area contributed by atoms with Crippen LogP contribution in [0.5, 0.6) is 0 Å². The second kappa shape index (κ2) is 4.61. The lowest BCUT2D eigenvalue weighted by atomic mass is 10.2. The van der Waals surface area contributed by atoms with Gasteiger partial charge in [-0.2, -0.15) is 0 Å². The Labute approximate surface area is 93.9 Å². The Morgan fingerprint density at radius 3 is 2.94 bits per heavy atom. The minimum Gasteiger partial charge on any atom is -0.324 e. The van der Waals surface area contributed by atoms with Gasteiger partial charge in [0.05, 0.1) is 17.7 Å². The first-order valence-corrected chi connectivity index (χ1v) is 5.18. The molecule has 1 aromatic carbocycles. The van der Waals surface area contributed by atoms with Crippen LogP contribution in [-0.4, -0.2) is 15.5 Å².